The van der Waals surface area contributed by atoms with Crippen LogP contribution in [0.15, 0.2) is 36.7 Å². The summed E-state index contributed by atoms with van der Waals surface area (Å²) in [5.74, 6) is 0.671. The number of hydrogen-bond acceptors (Lipinski definition) is 4. The molecule has 1 heterocycles. The summed E-state index contributed by atoms with van der Waals surface area (Å²) < 4.78 is 0. The van der Waals surface area contributed by atoms with E-state index in [-0.39, 0.29) is 0 Å². The van der Waals surface area contributed by atoms with E-state index in [1.54, 1.807) is 6.07 Å². The highest BCUT2D eigenvalue weighted by Gasteiger charge is 1.98. The van der Waals surface area contributed by atoms with Gasteiger partial charge in [-0.15, -0.1) is 0 Å². The third-order valence-electron chi connectivity index (χ3n) is 2.82. The van der Waals surface area contributed by atoms with Crippen LogP contribution in [0.2, 0.25) is 0 Å². The van der Waals surface area contributed by atoms with Crippen LogP contribution >= 0.6 is 0 Å². The van der Waals surface area contributed by atoms with E-state index in [1.807, 2.05) is 6.07 Å². The number of hydrogen-bond donors (Lipinski definition) is 1. The fourth-order valence-corrected chi connectivity index (χ4v) is 1.82. The summed E-state index contributed by atoms with van der Waals surface area (Å²) in [6.07, 6.45) is 3.67. The summed E-state index contributed by atoms with van der Waals surface area (Å²) in [6.45, 7) is 2.87. The molecule has 2 rings (SSSR count). The number of rotatable bonds is 5. The second-order valence-corrected chi connectivity index (χ2v) is 4.32. The Labute approximate surface area is 113 Å². The number of anilines is 1. The average molecular weight is 252 g/mol. The molecule has 2 aromatic rings. The van der Waals surface area contributed by atoms with Gasteiger partial charge in [0.2, 0.25) is 0 Å². The minimum atomic E-state index is 0.371. The zero-order chi connectivity index (χ0) is 13.5. The van der Waals surface area contributed by atoms with Crippen molar-refractivity contribution in [2.75, 3.05) is 5.32 Å². The number of benzene rings is 1. The van der Waals surface area contributed by atoms with Crippen molar-refractivity contribution >= 4 is 5.82 Å². The fourth-order valence-electron chi connectivity index (χ4n) is 1.82. The molecule has 1 aromatic heterocycles. The minimum absolute atomic E-state index is 0.371. The van der Waals surface area contributed by atoms with E-state index < -0.39 is 0 Å². The first kappa shape index (κ1) is 13.0. The Morgan fingerprint density at radius 3 is 2.58 bits per heavy atom. The molecule has 1 N–H and O–H groups in total. The predicted molar refractivity (Wildman–Crippen MR) is 74.5 cm³/mol. The number of aryl methyl sites for hydroxylation is 1. The van der Waals surface area contributed by atoms with Gasteiger partial charge in [0.25, 0.3) is 0 Å². The van der Waals surface area contributed by atoms with Crippen LogP contribution in [-0.4, -0.2) is 9.97 Å². The van der Waals surface area contributed by atoms with Crippen molar-refractivity contribution in [3.05, 3.63) is 53.5 Å². The molecule has 96 valence electrons. The SMILES string of the molecule is CCCc1ccc(CNc2cc(C#N)ncn2)cc1. The van der Waals surface area contributed by atoms with E-state index in [4.69, 9.17) is 5.26 Å². The van der Waals surface area contributed by atoms with Crippen LogP contribution in [-0.2, 0) is 13.0 Å². The Balaban J connectivity index is 1.96. The fraction of sp³-hybridized carbons (Fsp3) is 0.267. The predicted octanol–water partition coefficient (Wildman–Crippen LogP) is 2.91. The monoisotopic (exact) mass is 252 g/mol. The summed E-state index contributed by atoms with van der Waals surface area (Å²) in [7, 11) is 0. The highest BCUT2D eigenvalue weighted by molar-refractivity contribution is 5.39. The van der Waals surface area contributed by atoms with Crippen LogP contribution in [0.25, 0.3) is 0 Å². The number of nitriles is 1. The molecule has 0 aliphatic rings. The second-order valence-electron chi connectivity index (χ2n) is 4.32. The van der Waals surface area contributed by atoms with E-state index in [9.17, 15) is 0 Å². The summed E-state index contributed by atoms with van der Waals surface area (Å²) in [4.78, 5) is 7.91. The normalized spacial score (nSPS) is 9.89. The average Bonchev–Trinajstić information content (AvgIpc) is 2.47. The largest absolute Gasteiger partial charge is 0.366 e. The zero-order valence-corrected chi connectivity index (χ0v) is 10.9. The molecular weight excluding hydrogens is 236 g/mol. The third kappa shape index (κ3) is 3.78. The highest BCUT2D eigenvalue weighted by atomic mass is 15.0. The number of nitrogens with one attached hydrogen (secondary N) is 1. The Morgan fingerprint density at radius 1 is 1.16 bits per heavy atom. The zero-order valence-electron chi connectivity index (χ0n) is 10.9. The van der Waals surface area contributed by atoms with Gasteiger partial charge in [0.15, 0.2) is 0 Å². The van der Waals surface area contributed by atoms with Gasteiger partial charge in [0.1, 0.15) is 23.9 Å². The first-order chi connectivity index (χ1) is 9.31. The van der Waals surface area contributed by atoms with Gasteiger partial charge in [-0.05, 0) is 17.5 Å². The van der Waals surface area contributed by atoms with Crippen LogP contribution < -0.4 is 5.32 Å². The molecular formula is C15H16N4. The third-order valence-corrected chi connectivity index (χ3v) is 2.82. The van der Waals surface area contributed by atoms with Crippen molar-refractivity contribution in [2.24, 2.45) is 0 Å². The molecule has 0 aliphatic carbocycles. The van der Waals surface area contributed by atoms with E-state index in [0.29, 0.717) is 18.1 Å². The van der Waals surface area contributed by atoms with Gasteiger partial charge in [0.05, 0.1) is 0 Å². The van der Waals surface area contributed by atoms with Gasteiger partial charge in [-0.25, -0.2) is 9.97 Å². The Hall–Kier alpha value is -2.41. The van der Waals surface area contributed by atoms with Crippen LogP contribution in [0.5, 0.6) is 0 Å². The van der Waals surface area contributed by atoms with Gasteiger partial charge >= 0.3 is 0 Å². The van der Waals surface area contributed by atoms with Crippen LogP contribution in [0.1, 0.15) is 30.2 Å². The Bertz CT molecular complexity index is 569. The first-order valence-electron chi connectivity index (χ1n) is 6.35. The smallest absolute Gasteiger partial charge is 0.145 e. The summed E-state index contributed by atoms with van der Waals surface area (Å²) >= 11 is 0. The van der Waals surface area contributed by atoms with E-state index >= 15 is 0 Å². The maximum Gasteiger partial charge on any atom is 0.145 e. The van der Waals surface area contributed by atoms with Gasteiger partial charge < -0.3 is 5.32 Å². The van der Waals surface area contributed by atoms with E-state index in [0.717, 1.165) is 12.8 Å². The molecule has 0 saturated carbocycles. The maximum absolute atomic E-state index is 8.76. The molecule has 0 saturated heterocycles. The van der Waals surface area contributed by atoms with E-state index in [1.165, 1.54) is 17.5 Å². The topological polar surface area (TPSA) is 61.6 Å². The molecule has 0 bridgehead atoms. The lowest BCUT2D eigenvalue weighted by Gasteiger charge is -2.06. The highest BCUT2D eigenvalue weighted by Crippen LogP contribution is 2.09. The molecule has 4 heteroatoms. The van der Waals surface area contributed by atoms with Crippen molar-refractivity contribution in [3.8, 4) is 6.07 Å². The standard InChI is InChI=1S/C15H16N4/c1-2-3-12-4-6-13(7-5-12)10-17-15-8-14(9-16)18-11-19-15/h4-8,11H,2-3,10H2,1H3,(H,17,18,19). The lowest BCUT2D eigenvalue weighted by atomic mass is 10.1. The van der Waals surface area contributed by atoms with Gasteiger partial charge in [-0.3, -0.25) is 0 Å². The lowest BCUT2D eigenvalue weighted by molar-refractivity contribution is 0.920. The van der Waals surface area contributed by atoms with Crippen LogP contribution in [0, 0.1) is 11.3 Å². The van der Waals surface area contributed by atoms with E-state index in [2.05, 4.69) is 46.5 Å². The van der Waals surface area contributed by atoms with Crippen molar-refractivity contribution < 1.29 is 0 Å². The molecule has 0 atom stereocenters. The molecule has 0 spiro atoms. The number of aromatic nitrogens is 2. The first-order valence-corrected chi connectivity index (χ1v) is 6.35. The van der Waals surface area contributed by atoms with Gasteiger partial charge in [0, 0.05) is 12.6 Å². The number of nitrogens with zero attached hydrogens (tertiary/aromatic N) is 3. The minimum Gasteiger partial charge on any atom is -0.366 e. The Kier molecular flexibility index (Phi) is 4.46. The molecule has 0 fully saturated rings. The summed E-state index contributed by atoms with van der Waals surface area (Å²) in [5.41, 5.74) is 2.92. The van der Waals surface area contributed by atoms with Gasteiger partial charge in [-0.1, -0.05) is 37.6 Å². The van der Waals surface area contributed by atoms with Gasteiger partial charge in [-0.2, -0.15) is 5.26 Å². The summed E-state index contributed by atoms with van der Waals surface area (Å²) in [6, 6.07) is 12.2. The molecule has 1 aromatic carbocycles. The molecule has 0 radical (unpaired) electrons. The van der Waals surface area contributed by atoms with Crippen molar-refractivity contribution in [2.45, 2.75) is 26.3 Å². The molecule has 4 nitrogen and oxygen atoms in total. The van der Waals surface area contributed by atoms with Crippen molar-refractivity contribution in [1.82, 2.24) is 9.97 Å². The molecule has 19 heavy (non-hydrogen) atoms. The molecule has 0 amide bonds. The maximum atomic E-state index is 8.76. The molecule has 0 aliphatic heterocycles. The summed E-state index contributed by atoms with van der Waals surface area (Å²) in [5, 5.41) is 11.9. The molecule has 0 unspecified atom stereocenters. The van der Waals surface area contributed by atoms with Crippen molar-refractivity contribution in [3.63, 3.8) is 0 Å². The lowest BCUT2D eigenvalue weighted by Crippen LogP contribution is -2.02. The van der Waals surface area contributed by atoms with Crippen molar-refractivity contribution in [1.29, 1.82) is 5.26 Å². The van der Waals surface area contributed by atoms with Crippen LogP contribution in [0.3, 0.4) is 0 Å². The Morgan fingerprint density at radius 2 is 1.89 bits per heavy atom. The van der Waals surface area contributed by atoms with Crippen LogP contribution in [0.4, 0.5) is 5.82 Å². The quantitative estimate of drug-likeness (QED) is 0.888. The second kappa shape index (κ2) is 6.50.